The Morgan fingerprint density at radius 3 is 1.70 bits per heavy atom. The number of hydrogen-bond donors (Lipinski definition) is 1. The Kier molecular flexibility index (Phi) is 16.6. The molecule has 1 aliphatic heterocycles. The third kappa shape index (κ3) is 12.7. The minimum absolute atomic E-state index is 0.0469. The zero-order valence-corrected chi connectivity index (χ0v) is 33.3. The molecule has 6 atom stereocenters. The molecule has 4 aromatic carbocycles. The van der Waals surface area contributed by atoms with Crippen molar-refractivity contribution in [2.24, 2.45) is 5.92 Å². The van der Waals surface area contributed by atoms with Gasteiger partial charge in [-0.15, -0.1) is 0 Å². The maximum atomic E-state index is 16.8. The van der Waals surface area contributed by atoms with Crippen molar-refractivity contribution in [3.05, 3.63) is 144 Å². The molecule has 0 radical (unpaired) electrons. The van der Waals surface area contributed by atoms with Crippen LogP contribution >= 0.6 is 0 Å². The highest BCUT2D eigenvalue weighted by atomic mass is 19.3. The highest BCUT2D eigenvalue weighted by Gasteiger charge is 2.63. The van der Waals surface area contributed by atoms with E-state index in [1.165, 1.54) is 6.92 Å². The zero-order chi connectivity index (χ0) is 40.5. The summed E-state index contributed by atoms with van der Waals surface area (Å²) in [7, 11) is 0. The molecule has 1 saturated heterocycles. The fourth-order valence-electron chi connectivity index (χ4n) is 7.34. The summed E-state index contributed by atoms with van der Waals surface area (Å²) >= 11 is 0. The number of unbranched alkanes of at least 4 members (excludes halogenated alkanes) is 3. The summed E-state index contributed by atoms with van der Waals surface area (Å²) in [6, 6.07) is 36.7. The van der Waals surface area contributed by atoms with Crippen LogP contribution in [0, 0.1) is 5.92 Å². The van der Waals surface area contributed by atoms with Crippen LogP contribution in [0.15, 0.2) is 121 Å². The van der Waals surface area contributed by atoms with Gasteiger partial charge in [0.05, 0.1) is 25.4 Å². The van der Waals surface area contributed by atoms with E-state index in [1.54, 1.807) is 0 Å². The van der Waals surface area contributed by atoms with Crippen LogP contribution in [0.1, 0.15) is 88.0 Å². The van der Waals surface area contributed by atoms with Crippen molar-refractivity contribution in [2.45, 2.75) is 128 Å². The van der Waals surface area contributed by atoms with Gasteiger partial charge in [0, 0.05) is 12.3 Å². The number of esters is 1. The van der Waals surface area contributed by atoms with Gasteiger partial charge in [0.2, 0.25) is 0 Å². The van der Waals surface area contributed by atoms with E-state index in [0.717, 1.165) is 22.3 Å². The number of carbonyl (C=O) groups excluding carboxylic acids is 2. The number of nitrogens with one attached hydrogen (secondary N) is 1. The lowest BCUT2D eigenvalue weighted by molar-refractivity contribution is -0.332. The summed E-state index contributed by atoms with van der Waals surface area (Å²) in [5.41, 5.74) is 1.48. The lowest BCUT2D eigenvalue weighted by Crippen LogP contribution is -2.68. The first-order chi connectivity index (χ1) is 27.6. The normalized spacial score (nSPS) is 21.4. The average Bonchev–Trinajstić information content (AvgIpc) is 3.23. The number of alkyl halides is 2. The molecular formula is C47H57F2NO7. The first-order valence-corrected chi connectivity index (χ1v) is 20.1. The van der Waals surface area contributed by atoms with Gasteiger partial charge >= 0.3 is 12.1 Å². The Hall–Kier alpha value is -4.64. The van der Waals surface area contributed by atoms with E-state index < -0.39 is 54.4 Å². The minimum atomic E-state index is -3.26. The van der Waals surface area contributed by atoms with Gasteiger partial charge in [-0.05, 0) is 48.4 Å². The van der Waals surface area contributed by atoms with Crippen LogP contribution in [0.2, 0.25) is 0 Å². The number of benzene rings is 4. The second kappa shape index (κ2) is 21.8. The van der Waals surface area contributed by atoms with E-state index in [9.17, 15) is 9.59 Å². The summed E-state index contributed by atoms with van der Waals surface area (Å²) in [4.78, 5) is 25.9. The molecule has 0 saturated carbocycles. The van der Waals surface area contributed by atoms with Crippen LogP contribution in [-0.4, -0.2) is 47.9 Å². The van der Waals surface area contributed by atoms with Crippen molar-refractivity contribution in [3.8, 4) is 0 Å². The lowest BCUT2D eigenvalue weighted by Gasteiger charge is -2.53. The van der Waals surface area contributed by atoms with Gasteiger partial charge in [-0.2, -0.15) is 0 Å². The van der Waals surface area contributed by atoms with Crippen molar-refractivity contribution < 1.29 is 42.1 Å². The Morgan fingerprint density at radius 1 is 0.702 bits per heavy atom. The highest BCUT2D eigenvalue weighted by Crippen LogP contribution is 2.48. The van der Waals surface area contributed by atoms with E-state index in [4.69, 9.17) is 23.7 Å². The van der Waals surface area contributed by atoms with Crippen molar-refractivity contribution >= 4 is 12.1 Å². The van der Waals surface area contributed by atoms with Gasteiger partial charge in [-0.3, -0.25) is 0 Å². The standard InChI is InChI=1S/C47H57F2NO7/c1-4-41-35(2)42(53-31-36-21-11-7-12-22-36)43(54-32-37-23-13-8-14-24-37)46(3,57-41)47(48,49)30-20-6-5-19-29-40(44(51)55-33-38-25-15-9-16-26-38)50-45(52)56-34-39-27-17-10-18-28-39/h7-18,21-28,35,40-43H,4-6,19-20,29-34H2,1-3H3,(H,50,52)/t35-,40-,41+,42-,43+,46+/m0/s1. The molecule has 1 heterocycles. The second-order valence-corrected chi connectivity index (χ2v) is 15.0. The van der Waals surface area contributed by atoms with Crippen LogP contribution in [0.3, 0.4) is 0 Å². The summed E-state index contributed by atoms with van der Waals surface area (Å²) in [6.45, 7) is 5.91. The van der Waals surface area contributed by atoms with Gasteiger partial charge in [-0.1, -0.05) is 154 Å². The molecule has 1 N–H and O–H groups in total. The van der Waals surface area contributed by atoms with Gasteiger partial charge < -0.3 is 29.0 Å². The van der Waals surface area contributed by atoms with Crippen molar-refractivity contribution in [1.82, 2.24) is 5.32 Å². The molecule has 306 valence electrons. The topological polar surface area (TPSA) is 92.3 Å². The van der Waals surface area contributed by atoms with Crippen LogP contribution in [0.5, 0.6) is 0 Å². The number of halogens is 2. The van der Waals surface area contributed by atoms with Crippen molar-refractivity contribution in [1.29, 1.82) is 0 Å². The van der Waals surface area contributed by atoms with Gasteiger partial charge in [0.1, 0.15) is 25.4 Å². The molecule has 1 aliphatic rings. The number of rotatable bonds is 21. The van der Waals surface area contributed by atoms with E-state index in [2.05, 4.69) is 5.32 Å². The third-order valence-corrected chi connectivity index (χ3v) is 10.8. The number of amides is 1. The molecule has 0 unspecified atom stereocenters. The fraction of sp³-hybridized carbons (Fsp3) is 0.447. The van der Waals surface area contributed by atoms with E-state index in [0.29, 0.717) is 25.7 Å². The van der Waals surface area contributed by atoms with Gasteiger partial charge in [0.15, 0.2) is 5.60 Å². The van der Waals surface area contributed by atoms with Gasteiger partial charge in [0.25, 0.3) is 5.92 Å². The van der Waals surface area contributed by atoms with Crippen LogP contribution in [0.25, 0.3) is 0 Å². The van der Waals surface area contributed by atoms with Crippen molar-refractivity contribution in [2.75, 3.05) is 0 Å². The zero-order valence-electron chi connectivity index (χ0n) is 33.3. The molecule has 0 aliphatic carbocycles. The number of hydrogen-bond acceptors (Lipinski definition) is 7. The summed E-state index contributed by atoms with van der Waals surface area (Å²) in [5, 5.41) is 2.66. The predicted molar refractivity (Wildman–Crippen MR) is 215 cm³/mol. The Labute approximate surface area is 336 Å². The molecule has 57 heavy (non-hydrogen) atoms. The second-order valence-electron chi connectivity index (χ2n) is 15.0. The number of ether oxygens (including phenoxy) is 5. The Morgan fingerprint density at radius 2 is 1.18 bits per heavy atom. The molecule has 1 amide bonds. The first-order valence-electron chi connectivity index (χ1n) is 20.1. The molecular weight excluding hydrogens is 729 g/mol. The van der Waals surface area contributed by atoms with Crippen LogP contribution in [-0.2, 0) is 54.9 Å². The Bertz CT molecular complexity index is 1770. The number of alkyl carbamates (subject to hydrolysis) is 1. The summed E-state index contributed by atoms with van der Waals surface area (Å²) in [5.74, 6) is -4.04. The first kappa shape index (κ1) is 43.5. The van der Waals surface area contributed by atoms with E-state index in [-0.39, 0.29) is 45.2 Å². The minimum Gasteiger partial charge on any atom is -0.459 e. The lowest BCUT2D eigenvalue weighted by atomic mass is 9.76. The fourth-order valence-corrected chi connectivity index (χ4v) is 7.34. The van der Waals surface area contributed by atoms with Crippen LogP contribution in [0.4, 0.5) is 13.6 Å². The van der Waals surface area contributed by atoms with E-state index in [1.807, 2.05) is 135 Å². The van der Waals surface area contributed by atoms with E-state index >= 15 is 8.78 Å². The molecule has 4 aromatic rings. The Balaban J connectivity index is 1.20. The maximum Gasteiger partial charge on any atom is 0.408 e. The summed E-state index contributed by atoms with van der Waals surface area (Å²) < 4.78 is 63.8. The molecule has 5 rings (SSSR count). The third-order valence-electron chi connectivity index (χ3n) is 10.8. The quantitative estimate of drug-likeness (QED) is 0.0664. The molecule has 0 aromatic heterocycles. The van der Waals surface area contributed by atoms with Crippen molar-refractivity contribution in [3.63, 3.8) is 0 Å². The average molecular weight is 786 g/mol. The molecule has 10 heteroatoms. The molecule has 0 spiro atoms. The molecule has 0 bridgehead atoms. The van der Waals surface area contributed by atoms with Gasteiger partial charge in [-0.25, -0.2) is 18.4 Å². The molecule has 1 fully saturated rings. The maximum absolute atomic E-state index is 16.8. The summed E-state index contributed by atoms with van der Waals surface area (Å²) in [6.07, 6.45) is -0.750. The number of carbonyl (C=O) groups is 2. The molecule has 8 nitrogen and oxygen atoms in total. The highest BCUT2D eigenvalue weighted by molar-refractivity contribution is 5.81. The monoisotopic (exact) mass is 785 g/mol. The SMILES string of the molecule is CC[C@H]1O[C@@](C)(C(F)(F)CCCCCC[C@H](NC(=O)OCc2ccccc2)C(=O)OCc2ccccc2)[C@H](OCc2ccccc2)[C@@H](OCc2ccccc2)[C@H]1C. The van der Waals surface area contributed by atoms with Crippen LogP contribution < -0.4 is 5.32 Å². The largest absolute Gasteiger partial charge is 0.459 e. The predicted octanol–water partition coefficient (Wildman–Crippen LogP) is 10.4. The smallest absolute Gasteiger partial charge is 0.408 e.